The first kappa shape index (κ1) is 27.3. The van der Waals surface area contributed by atoms with Gasteiger partial charge in [0, 0.05) is 0 Å². The minimum Gasteiger partial charge on any atom is -0.508 e. The van der Waals surface area contributed by atoms with E-state index in [1.165, 1.54) is 22.3 Å². The summed E-state index contributed by atoms with van der Waals surface area (Å²) < 4.78 is 16.0. The zero-order valence-electron chi connectivity index (χ0n) is 22.4. The molecule has 1 N–H and O–H groups in total. The number of hydrogen-bond donors (Lipinski definition) is 1. The molecule has 0 spiro atoms. The van der Waals surface area contributed by atoms with Gasteiger partial charge in [-0.25, -0.2) is 4.79 Å². The van der Waals surface area contributed by atoms with E-state index in [4.69, 9.17) is 19.0 Å². The van der Waals surface area contributed by atoms with Crippen LogP contribution in [0.15, 0.2) is 114 Å². The number of phenolic OH excluding ortho intramolecular Hbond substituents is 1. The fourth-order valence-electron chi connectivity index (χ4n) is 3.81. The number of esters is 1. The molecule has 0 aliphatic carbocycles. The largest absolute Gasteiger partial charge is 0.508 e. The van der Waals surface area contributed by atoms with Crippen molar-refractivity contribution in [2.24, 2.45) is 0 Å². The predicted molar refractivity (Wildman–Crippen MR) is 154 cm³/mol. The van der Waals surface area contributed by atoms with Crippen LogP contribution >= 0.6 is 0 Å². The number of carbonyl (C=O) groups is 1. The third-order valence-corrected chi connectivity index (χ3v) is 6.01. The molecule has 0 unspecified atom stereocenters. The van der Waals surface area contributed by atoms with Gasteiger partial charge in [0.15, 0.2) is 0 Å². The summed E-state index contributed by atoms with van der Waals surface area (Å²) in [6.07, 6.45) is 0. The number of benzene rings is 4. The van der Waals surface area contributed by atoms with E-state index in [9.17, 15) is 4.79 Å². The first-order chi connectivity index (χ1) is 18.9. The van der Waals surface area contributed by atoms with Crippen LogP contribution in [0.5, 0.6) is 11.5 Å². The van der Waals surface area contributed by atoms with Gasteiger partial charge in [0.2, 0.25) is 5.76 Å². The maximum absolute atomic E-state index is 11.6. The zero-order chi connectivity index (χ0) is 27.6. The highest BCUT2D eigenvalue weighted by Crippen LogP contribution is 2.24. The molecule has 0 fully saturated rings. The van der Waals surface area contributed by atoms with Crippen LogP contribution in [0, 0.1) is 13.8 Å². The Morgan fingerprint density at radius 1 is 0.667 bits per heavy atom. The average Bonchev–Trinajstić information content (AvgIpc) is 3.44. The van der Waals surface area contributed by atoms with Crippen LogP contribution in [0.3, 0.4) is 0 Å². The summed E-state index contributed by atoms with van der Waals surface area (Å²) in [5.41, 5.74) is 7.10. The highest BCUT2D eigenvalue weighted by Gasteiger charge is 2.12. The number of hydrogen-bond acceptors (Lipinski definition) is 5. The third-order valence-electron chi connectivity index (χ3n) is 6.01. The summed E-state index contributed by atoms with van der Waals surface area (Å²) in [6.45, 7) is 6.47. The van der Waals surface area contributed by atoms with Gasteiger partial charge in [0.05, 0.1) is 6.61 Å². The highest BCUT2D eigenvalue weighted by atomic mass is 16.5. The van der Waals surface area contributed by atoms with Crippen LogP contribution in [-0.4, -0.2) is 17.7 Å². The van der Waals surface area contributed by atoms with Crippen molar-refractivity contribution >= 4 is 5.97 Å². The van der Waals surface area contributed by atoms with Crippen molar-refractivity contribution < 1.29 is 23.8 Å². The number of rotatable bonds is 7. The molecule has 5 aromatic rings. The van der Waals surface area contributed by atoms with E-state index in [0.29, 0.717) is 18.1 Å². The summed E-state index contributed by atoms with van der Waals surface area (Å²) >= 11 is 0. The third kappa shape index (κ3) is 7.86. The lowest BCUT2D eigenvalue weighted by molar-refractivity contribution is 0.0486. The minimum absolute atomic E-state index is 0.190. The maximum Gasteiger partial charge on any atom is 0.374 e. The number of carbonyl (C=O) groups excluding carboxylic acids is 1. The topological polar surface area (TPSA) is 68.9 Å². The SMILES string of the molecule is CCOC(=O)c1ccc(COc2ccc(-c3ccc(C)cc3)cc2)o1.Cc1ccc(-c2ccc(O)cc2)cc1. The van der Waals surface area contributed by atoms with Gasteiger partial charge in [0.1, 0.15) is 23.9 Å². The van der Waals surface area contributed by atoms with E-state index >= 15 is 0 Å². The Balaban J connectivity index is 0.000000212. The normalized spacial score (nSPS) is 10.3. The van der Waals surface area contributed by atoms with Gasteiger partial charge in [-0.15, -0.1) is 0 Å². The van der Waals surface area contributed by atoms with E-state index < -0.39 is 5.97 Å². The van der Waals surface area contributed by atoms with Crippen molar-refractivity contribution in [3.63, 3.8) is 0 Å². The first-order valence-corrected chi connectivity index (χ1v) is 12.8. The second kappa shape index (κ2) is 13.2. The molecule has 0 saturated carbocycles. The smallest absolute Gasteiger partial charge is 0.374 e. The fourth-order valence-corrected chi connectivity index (χ4v) is 3.81. The second-order valence-corrected chi connectivity index (χ2v) is 9.08. The van der Waals surface area contributed by atoms with Gasteiger partial charge in [0.25, 0.3) is 0 Å². The van der Waals surface area contributed by atoms with Crippen molar-refractivity contribution in [3.8, 4) is 33.8 Å². The van der Waals surface area contributed by atoms with Crippen LogP contribution in [-0.2, 0) is 11.3 Å². The van der Waals surface area contributed by atoms with Crippen molar-refractivity contribution in [2.45, 2.75) is 27.4 Å². The highest BCUT2D eigenvalue weighted by molar-refractivity contribution is 5.86. The lowest BCUT2D eigenvalue weighted by Crippen LogP contribution is -2.02. The molecule has 0 amide bonds. The van der Waals surface area contributed by atoms with E-state index in [-0.39, 0.29) is 12.4 Å². The Morgan fingerprint density at radius 2 is 1.13 bits per heavy atom. The minimum atomic E-state index is -0.462. The number of phenols is 1. The van der Waals surface area contributed by atoms with E-state index in [1.807, 2.05) is 36.4 Å². The zero-order valence-corrected chi connectivity index (χ0v) is 22.4. The molecule has 5 heteroatoms. The van der Waals surface area contributed by atoms with Crippen molar-refractivity contribution in [2.75, 3.05) is 6.61 Å². The fraction of sp³-hybridized carbons (Fsp3) is 0.147. The summed E-state index contributed by atoms with van der Waals surface area (Å²) in [6, 6.07) is 35.2. The molecule has 0 radical (unpaired) electrons. The molecule has 0 bridgehead atoms. The molecule has 0 atom stereocenters. The standard InChI is InChI=1S/C21H20O4.C13H12O/c1-3-23-21(22)20-13-12-19(25-20)14-24-18-10-8-17(9-11-18)16-6-4-15(2)5-7-16;1-10-2-4-11(5-3-10)12-6-8-13(14)9-7-12/h4-13H,3,14H2,1-2H3;2-9,14H,1H3. The lowest BCUT2D eigenvalue weighted by Gasteiger charge is -2.06. The van der Waals surface area contributed by atoms with Gasteiger partial charge < -0.3 is 19.0 Å². The molecule has 0 saturated heterocycles. The van der Waals surface area contributed by atoms with Crippen LogP contribution in [0.1, 0.15) is 34.4 Å². The van der Waals surface area contributed by atoms with Gasteiger partial charge in [-0.05, 0) is 79.4 Å². The van der Waals surface area contributed by atoms with Crippen molar-refractivity contribution in [1.82, 2.24) is 0 Å². The maximum atomic E-state index is 11.6. The molecule has 5 rings (SSSR count). The summed E-state index contributed by atoms with van der Waals surface area (Å²) in [4.78, 5) is 11.6. The Morgan fingerprint density at radius 3 is 1.62 bits per heavy atom. The van der Waals surface area contributed by atoms with Crippen LogP contribution in [0.4, 0.5) is 0 Å². The Labute approximate surface area is 229 Å². The van der Waals surface area contributed by atoms with Crippen LogP contribution in [0.2, 0.25) is 0 Å². The Hall–Kier alpha value is -4.77. The average molecular weight is 521 g/mol. The molecular formula is C34H32O5. The molecule has 198 valence electrons. The van der Waals surface area contributed by atoms with Crippen molar-refractivity contribution in [1.29, 1.82) is 0 Å². The summed E-state index contributed by atoms with van der Waals surface area (Å²) in [7, 11) is 0. The predicted octanol–water partition coefficient (Wildman–Crippen LogP) is 8.38. The molecule has 39 heavy (non-hydrogen) atoms. The van der Waals surface area contributed by atoms with Crippen LogP contribution in [0.25, 0.3) is 22.3 Å². The van der Waals surface area contributed by atoms with Crippen LogP contribution < -0.4 is 4.74 Å². The molecule has 1 heterocycles. The molecule has 0 aliphatic heterocycles. The number of ether oxygens (including phenoxy) is 2. The van der Waals surface area contributed by atoms with Crippen molar-refractivity contribution in [3.05, 3.63) is 132 Å². The quantitative estimate of drug-likeness (QED) is 0.218. The number of aryl methyl sites for hydroxylation is 2. The Kier molecular flexibility index (Phi) is 9.20. The lowest BCUT2D eigenvalue weighted by atomic mass is 10.0. The molecule has 1 aromatic heterocycles. The molecular weight excluding hydrogens is 488 g/mol. The molecule has 4 aromatic carbocycles. The van der Waals surface area contributed by atoms with Gasteiger partial charge in [-0.1, -0.05) is 83.9 Å². The molecule has 5 nitrogen and oxygen atoms in total. The van der Waals surface area contributed by atoms with Gasteiger partial charge in [-0.3, -0.25) is 0 Å². The van der Waals surface area contributed by atoms with E-state index in [2.05, 4.69) is 62.4 Å². The monoisotopic (exact) mass is 520 g/mol. The second-order valence-electron chi connectivity index (χ2n) is 9.08. The van der Waals surface area contributed by atoms with E-state index in [1.54, 1.807) is 31.2 Å². The van der Waals surface area contributed by atoms with E-state index in [0.717, 1.165) is 16.9 Å². The summed E-state index contributed by atoms with van der Waals surface area (Å²) in [5, 5.41) is 9.15. The van der Waals surface area contributed by atoms with Gasteiger partial charge >= 0.3 is 5.97 Å². The molecule has 0 aliphatic rings. The Bertz CT molecular complexity index is 1420. The summed E-state index contributed by atoms with van der Waals surface area (Å²) in [5.74, 6) is 1.35. The van der Waals surface area contributed by atoms with Gasteiger partial charge in [-0.2, -0.15) is 0 Å². The number of aromatic hydroxyl groups is 1. The first-order valence-electron chi connectivity index (χ1n) is 12.8. The number of furan rings is 1.